The molecule has 0 saturated carbocycles. The Morgan fingerprint density at radius 2 is 2.21 bits per heavy atom. The molecule has 2 heterocycles. The average Bonchev–Trinajstić information content (AvgIpc) is 2.82. The van der Waals surface area contributed by atoms with Gasteiger partial charge in [-0.05, 0) is 45.4 Å². The predicted molar refractivity (Wildman–Crippen MR) is 76.1 cm³/mol. The Hall–Kier alpha value is -1.10. The number of hydrogen-bond acceptors (Lipinski definition) is 4. The van der Waals surface area contributed by atoms with Gasteiger partial charge in [0.05, 0.1) is 5.69 Å². The summed E-state index contributed by atoms with van der Waals surface area (Å²) in [5, 5.41) is 10.4. The summed E-state index contributed by atoms with van der Waals surface area (Å²) in [7, 11) is 0. The average molecular weight is 280 g/mol. The first-order valence-corrected chi connectivity index (χ1v) is 7.97. The molecule has 104 valence electrons. The summed E-state index contributed by atoms with van der Waals surface area (Å²) < 4.78 is 0. The van der Waals surface area contributed by atoms with Crippen molar-refractivity contribution < 1.29 is 9.90 Å². The third kappa shape index (κ3) is 2.36. The minimum absolute atomic E-state index is 0.381. The van der Waals surface area contributed by atoms with Gasteiger partial charge < -0.3 is 10.0 Å². The van der Waals surface area contributed by atoms with Gasteiger partial charge in [0.15, 0.2) is 5.13 Å². The number of carboxylic acids is 1. The van der Waals surface area contributed by atoms with E-state index in [4.69, 9.17) is 4.98 Å². The summed E-state index contributed by atoms with van der Waals surface area (Å²) in [6.45, 7) is 3.31. The molecule has 0 radical (unpaired) electrons. The lowest BCUT2D eigenvalue weighted by Gasteiger charge is -2.33. The molecule has 5 heteroatoms. The van der Waals surface area contributed by atoms with Crippen LogP contribution in [-0.2, 0) is 11.2 Å². The first-order chi connectivity index (χ1) is 9.16. The molecule has 2 aliphatic rings. The van der Waals surface area contributed by atoms with Crippen molar-refractivity contribution in [1.82, 2.24) is 4.98 Å². The molecule has 1 saturated heterocycles. The van der Waals surface area contributed by atoms with Crippen LogP contribution >= 0.6 is 11.3 Å². The summed E-state index contributed by atoms with van der Waals surface area (Å²) in [5.74, 6) is -1.10. The number of hydrogen-bond donors (Lipinski definition) is 1. The van der Waals surface area contributed by atoms with Crippen LogP contribution in [0.25, 0.3) is 0 Å². The smallest absolute Gasteiger partial charge is 0.312 e. The standard InChI is InChI=1S/C14H20N2O2S/c1-9-5-2-3-8-16(9)14-15-12-10(13(17)18)6-4-7-11(12)19-14/h9-10H,2-8H2,1H3,(H,17,18). The van der Waals surface area contributed by atoms with Gasteiger partial charge in [0, 0.05) is 17.5 Å². The maximum Gasteiger partial charge on any atom is 0.312 e. The van der Waals surface area contributed by atoms with Crippen LogP contribution in [-0.4, -0.2) is 28.6 Å². The van der Waals surface area contributed by atoms with E-state index in [2.05, 4.69) is 11.8 Å². The molecule has 0 amide bonds. The predicted octanol–water partition coefficient (Wildman–Crippen LogP) is 3.03. The third-order valence-corrected chi connectivity index (χ3v) is 5.46. The molecule has 0 bridgehead atoms. The zero-order valence-corrected chi connectivity index (χ0v) is 12.1. The molecule has 1 aromatic heterocycles. The fourth-order valence-electron chi connectivity index (χ4n) is 3.15. The summed E-state index contributed by atoms with van der Waals surface area (Å²) in [6, 6.07) is 0.532. The number of anilines is 1. The van der Waals surface area contributed by atoms with E-state index in [1.807, 2.05) is 0 Å². The molecule has 1 aliphatic heterocycles. The van der Waals surface area contributed by atoms with E-state index >= 15 is 0 Å². The highest BCUT2D eigenvalue weighted by Gasteiger charge is 2.32. The number of nitrogens with zero attached hydrogens (tertiary/aromatic N) is 2. The number of carbonyl (C=O) groups is 1. The van der Waals surface area contributed by atoms with Gasteiger partial charge in [-0.2, -0.15) is 0 Å². The molecule has 1 aliphatic carbocycles. The number of piperidine rings is 1. The van der Waals surface area contributed by atoms with Crippen LogP contribution < -0.4 is 4.90 Å². The van der Waals surface area contributed by atoms with Crippen LogP contribution in [0.3, 0.4) is 0 Å². The lowest BCUT2D eigenvalue weighted by molar-refractivity contribution is -0.139. The maximum atomic E-state index is 11.3. The van der Waals surface area contributed by atoms with Crippen molar-refractivity contribution in [3.8, 4) is 0 Å². The number of fused-ring (bicyclic) bond motifs is 1. The number of aliphatic carboxylic acids is 1. The topological polar surface area (TPSA) is 53.4 Å². The molecule has 2 atom stereocenters. The van der Waals surface area contributed by atoms with Gasteiger partial charge in [-0.3, -0.25) is 4.79 Å². The molecule has 0 spiro atoms. The fourth-order valence-corrected chi connectivity index (χ4v) is 4.44. The Morgan fingerprint density at radius 1 is 1.37 bits per heavy atom. The van der Waals surface area contributed by atoms with E-state index in [1.54, 1.807) is 11.3 Å². The van der Waals surface area contributed by atoms with Gasteiger partial charge in [0.2, 0.25) is 0 Å². The van der Waals surface area contributed by atoms with Crippen molar-refractivity contribution in [2.45, 2.75) is 57.4 Å². The summed E-state index contributed by atoms with van der Waals surface area (Å²) in [6.07, 6.45) is 6.44. The Kier molecular flexibility index (Phi) is 3.48. The lowest BCUT2D eigenvalue weighted by Crippen LogP contribution is -2.37. The zero-order chi connectivity index (χ0) is 13.4. The Bertz CT molecular complexity index is 486. The summed E-state index contributed by atoms with van der Waals surface area (Å²) in [4.78, 5) is 19.6. The highest BCUT2D eigenvalue weighted by atomic mass is 32.1. The van der Waals surface area contributed by atoms with Gasteiger partial charge in [-0.15, -0.1) is 11.3 Å². The Balaban J connectivity index is 1.90. The third-order valence-electron chi connectivity index (χ3n) is 4.29. The van der Waals surface area contributed by atoms with E-state index < -0.39 is 5.97 Å². The van der Waals surface area contributed by atoms with Crippen LogP contribution in [0.2, 0.25) is 0 Å². The van der Waals surface area contributed by atoms with Crippen LogP contribution in [0.4, 0.5) is 5.13 Å². The van der Waals surface area contributed by atoms with Gasteiger partial charge in [-0.25, -0.2) is 4.98 Å². The van der Waals surface area contributed by atoms with E-state index in [0.717, 1.165) is 36.6 Å². The summed E-state index contributed by atoms with van der Waals surface area (Å²) in [5.41, 5.74) is 0.844. The second-order valence-corrected chi connectivity index (χ2v) is 6.69. The van der Waals surface area contributed by atoms with Crippen molar-refractivity contribution in [1.29, 1.82) is 0 Å². The summed E-state index contributed by atoms with van der Waals surface area (Å²) >= 11 is 1.72. The van der Waals surface area contributed by atoms with Gasteiger partial charge in [0.25, 0.3) is 0 Å². The Labute approximate surface area is 117 Å². The molecule has 1 fully saturated rings. The molecule has 1 aromatic rings. The molecule has 1 N–H and O–H groups in total. The molecular weight excluding hydrogens is 260 g/mol. The SMILES string of the molecule is CC1CCCCN1c1nc2c(s1)CCCC2C(=O)O. The first kappa shape index (κ1) is 12.9. The highest BCUT2D eigenvalue weighted by molar-refractivity contribution is 7.15. The monoisotopic (exact) mass is 280 g/mol. The van der Waals surface area contributed by atoms with Gasteiger partial charge in [0.1, 0.15) is 5.92 Å². The van der Waals surface area contributed by atoms with Crippen molar-refractivity contribution in [3.63, 3.8) is 0 Å². The molecule has 0 aromatic carbocycles. The molecule has 4 nitrogen and oxygen atoms in total. The zero-order valence-electron chi connectivity index (χ0n) is 11.3. The van der Waals surface area contributed by atoms with E-state index in [9.17, 15) is 9.90 Å². The number of thiazole rings is 1. The Morgan fingerprint density at radius 3 is 2.95 bits per heavy atom. The lowest BCUT2D eigenvalue weighted by atomic mass is 9.91. The largest absolute Gasteiger partial charge is 0.481 e. The minimum Gasteiger partial charge on any atom is -0.481 e. The second kappa shape index (κ2) is 5.12. The molecule has 3 rings (SSSR count). The van der Waals surface area contributed by atoms with Gasteiger partial charge in [-0.1, -0.05) is 0 Å². The first-order valence-electron chi connectivity index (χ1n) is 7.16. The molecule has 19 heavy (non-hydrogen) atoms. The van der Waals surface area contributed by atoms with Crippen molar-refractivity contribution in [2.24, 2.45) is 0 Å². The molecular formula is C14H20N2O2S. The second-order valence-electron chi connectivity index (χ2n) is 5.63. The number of aryl methyl sites for hydroxylation is 1. The number of rotatable bonds is 2. The van der Waals surface area contributed by atoms with Crippen LogP contribution in [0.15, 0.2) is 0 Å². The van der Waals surface area contributed by atoms with Gasteiger partial charge >= 0.3 is 5.97 Å². The number of carboxylic acid groups (broad SMARTS) is 1. The van der Waals surface area contributed by atoms with Crippen molar-refractivity contribution in [3.05, 3.63) is 10.6 Å². The van der Waals surface area contributed by atoms with Crippen molar-refractivity contribution >= 4 is 22.4 Å². The molecule has 2 unspecified atom stereocenters. The van der Waals surface area contributed by atoms with Crippen LogP contribution in [0.1, 0.15) is 55.5 Å². The normalized spacial score (nSPS) is 27.1. The van der Waals surface area contributed by atoms with Crippen LogP contribution in [0.5, 0.6) is 0 Å². The minimum atomic E-state index is -0.718. The quantitative estimate of drug-likeness (QED) is 0.904. The van der Waals surface area contributed by atoms with E-state index in [1.165, 1.54) is 24.1 Å². The fraction of sp³-hybridized carbons (Fsp3) is 0.714. The maximum absolute atomic E-state index is 11.3. The van der Waals surface area contributed by atoms with E-state index in [-0.39, 0.29) is 5.92 Å². The van der Waals surface area contributed by atoms with E-state index in [0.29, 0.717) is 6.04 Å². The van der Waals surface area contributed by atoms with Crippen LogP contribution in [0, 0.1) is 0 Å². The highest BCUT2D eigenvalue weighted by Crippen LogP contribution is 2.39. The van der Waals surface area contributed by atoms with Crippen molar-refractivity contribution in [2.75, 3.05) is 11.4 Å². The number of aromatic nitrogens is 1.